The second-order valence-corrected chi connectivity index (χ2v) is 8.14. The van der Waals surface area contributed by atoms with Gasteiger partial charge < -0.3 is 10.2 Å². The molecule has 1 amide bonds. The molecule has 1 aliphatic carbocycles. The number of hydrogen-bond acceptors (Lipinski definition) is 2. The number of nitrogens with zero attached hydrogens (tertiary/aromatic N) is 1. The van der Waals surface area contributed by atoms with Crippen molar-refractivity contribution in [2.45, 2.75) is 32.7 Å². The summed E-state index contributed by atoms with van der Waals surface area (Å²) in [5.74, 6) is 0.654. The first-order chi connectivity index (χ1) is 14.0. The number of amides is 1. The number of rotatable bonds is 7. The van der Waals surface area contributed by atoms with Gasteiger partial charge in [-0.1, -0.05) is 80.6 Å². The zero-order chi connectivity index (χ0) is 20.8. The molecule has 0 heterocycles. The smallest absolute Gasteiger partial charge is 0.239 e. The van der Waals surface area contributed by atoms with Crippen LogP contribution in [0.3, 0.4) is 0 Å². The average Bonchev–Trinajstić information content (AvgIpc) is 2.88. The zero-order valence-corrected chi connectivity index (χ0v) is 19.2. The van der Waals surface area contributed by atoms with Crippen molar-refractivity contribution in [3.63, 3.8) is 0 Å². The van der Waals surface area contributed by atoms with E-state index in [0.717, 1.165) is 12.8 Å². The van der Waals surface area contributed by atoms with Crippen LogP contribution in [0.1, 0.15) is 48.9 Å². The summed E-state index contributed by atoms with van der Waals surface area (Å²) < 4.78 is 0. The third-order valence-corrected chi connectivity index (χ3v) is 5.49. The van der Waals surface area contributed by atoms with Crippen molar-refractivity contribution in [2.24, 2.45) is 5.92 Å². The van der Waals surface area contributed by atoms with Crippen LogP contribution < -0.4 is 5.32 Å². The largest absolute Gasteiger partial charge is 0.344 e. The van der Waals surface area contributed by atoms with Gasteiger partial charge in [-0.2, -0.15) is 0 Å². The summed E-state index contributed by atoms with van der Waals surface area (Å²) in [6, 6.07) is 16.9. The molecule has 4 heteroatoms. The lowest BCUT2D eigenvalue weighted by atomic mass is 9.93. The molecular formula is C26H33ClN2O. The minimum absolute atomic E-state index is 0. The Morgan fingerprint density at radius 2 is 1.53 bits per heavy atom. The maximum Gasteiger partial charge on any atom is 0.239 e. The lowest BCUT2D eigenvalue weighted by molar-refractivity contribution is -0.132. The fourth-order valence-electron chi connectivity index (χ4n) is 3.91. The van der Waals surface area contributed by atoms with Crippen molar-refractivity contribution in [2.75, 3.05) is 20.6 Å². The number of hydrogen-bond donors (Lipinski definition) is 1. The molecule has 3 nitrogen and oxygen atoms in total. The van der Waals surface area contributed by atoms with Crippen LogP contribution in [0.4, 0.5) is 0 Å². The van der Waals surface area contributed by atoms with Gasteiger partial charge in [0.1, 0.15) is 0 Å². The highest BCUT2D eigenvalue weighted by atomic mass is 35.5. The maximum absolute atomic E-state index is 12.8. The van der Waals surface area contributed by atoms with Gasteiger partial charge in [0.2, 0.25) is 5.91 Å². The summed E-state index contributed by atoms with van der Waals surface area (Å²) in [6.45, 7) is 5.00. The third-order valence-electron chi connectivity index (χ3n) is 5.49. The van der Waals surface area contributed by atoms with E-state index in [0.29, 0.717) is 12.5 Å². The number of likely N-dealkylation sites (N-methyl/N-ethyl adjacent to an activating group) is 2. The van der Waals surface area contributed by atoms with Crippen LogP contribution in [0.15, 0.2) is 54.6 Å². The highest BCUT2D eigenvalue weighted by Gasteiger charge is 2.21. The van der Waals surface area contributed by atoms with Gasteiger partial charge in [0.15, 0.2) is 0 Å². The van der Waals surface area contributed by atoms with E-state index < -0.39 is 0 Å². The Balaban J connectivity index is 0.00000320. The van der Waals surface area contributed by atoms with Gasteiger partial charge in [-0.05, 0) is 53.6 Å². The predicted octanol–water partition coefficient (Wildman–Crippen LogP) is 5.51. The Labute approximate surface area is 187 Å². The van der Waals surface area contributed by atoms with Crippen molar-refractivity contribution in [3.05, 3.63) is 76.9 Å². The number of halogens is 1. The molecule has 2 aromatic carbocycles. The SMILES string of the molecule is CN[C@@H](CC(C)C)C(=O)N(C)CCC=C1c2ccccc2C=Cc2ccccc21.Cl. The molecule has 1 aliphatic rings. The quantitative estimate of drug-likeness (QED) is 0.542. The number of fused-ring (bicyclic) bond motifs is 2. The van der Waals surface area contributed by atoms with E-state index in [1.807, 2.05) is 19.0 Å². The summed E-state index contributed by atoms with van der Waals surface area (Å²) in [6.07, 6.45) is 8.33. The molecule has 0 aliphatic heterocycles. The van der Waals surface area contributed by atoms with Gasteiger partial charge in [0.25, 0.3) is 0 Å². The molecular weight excluding hydrogens is 392 g/mol. The number of carbonyl (C=O) groups is 1. The molecule has 0 fully saturated rings. The zero-order valence-electron chi connectivity index (χ0n) is 18.4. The normalized spacial score (nSPS) is 13.0. The van der Waals surface area contributed by atoms with E-state index in [2.05, 4.69) is 85.9 Å². The molecule has 0 radical (unpaired) electrons. The summed E-state index contributed by atoms with van der Waals surface area (Å²) in [5, 5.41) is 3.17. The molecule has 3 rings (SSSR count). The summed E-state index contributed by atoms with van der Waals surface area (Å²) in [4.78, 5) is 14.6. The van der Waals surface area contributed by atoms with Crippen molar-refractivity contribution in [1.29, 1.82) is 0 Å². The van der Waals surface area contributed by atoms with Gasteiger partial charge in [0, 0.05) is 13.6 Å². The second-order valence-electron chi connectivity index (χ2n) is 8.14. The van der Waals surface area contributed by atoms with Gasteiger partial charge in [-0.15, -0.1) is 12.4 Å². The molecule has 160 valence electrons. The van der Waals surface area contributed by atoms with E-state index in [-0.39, 0.29) is 24.4 Å². The molecule has 0 unspecified atom stereocenters. The van der Waals surface area contributed by atoms with Gasteiger partial charge in [0.05, 0.1) is 6.04 Å². The fraction of sp³-hybridized carbons (Fsp3) is 0.346. The first kappa shape index (κ1) is 23.9. The van der Waals surface area contributed by atoms with Crippen LogP contribution in [0.2, 0.25) is 0 Å². The highest BCUT2D eigenvalue weighted by molar-refractivity contribution is 5.93. The molecule has 1 N–H and O–H groups in total. The van der Waals surface area contributed by atoms with Gasteiger partial charge in [-0.25, -0.2) is 0 Å². The molecule has 0 saturated carbocycles. The average molecular weight is 425 g/mol. The summed E-state index contributed by atoms with van der Waals surface area (Å²) in [5.41, 5.74) is 6.19. The van der Waals surface area contributed by atoms with Crippen molar-refractivity contribution < 1.29 is 4.79 Å². The number of nitrogens with one attached hydrogen (secondary N) is 1. The molecule has 2 aromatic rings. The van der Waals surface area contributed by atoms with Crippen molar-refractivity contribution >= 4 is 36.0 Å². The lowest BCUT2D eigenvalue weighted by Gasteiger charge is -2.24. The Hall–Kier alpha value is -2.36. The lowest BCUT2D eigenvalue weighted by Crippen LogP contribution is -2.44. The standard InChI is InChI=1S/C26H32N2O.ClH/c1-19(2)18-25(27-3)26(29)28(4)17-9-14-24-22-12-7-5-10-20(22)15-16-21-11-6-8-13-23(21)24;/h5-8,10-16,19,25,27H,9,17-18H2,1-4H3;1H/t25-;/m0./s1. The predicted molar refractivity (Wildman–Crippen MR) is 131 cm³/mol. The Bertz CT molecular complexity index is 865. The molecule has 0 aromatic heterocycles. The first-order valence-electron chi connectivity index (χ1n) is 10.5. The number of benzene rings is 2. The first-order valence-corrected chi connectivity index (χ1v) is 10.5. The van der Waals surface area contributed by atoms with Gasteiger partial charge in [-0.3, -0.25) is 4.79 Å². The summed E-state index contributed by atoms with van der Waals surface area (Å²) in [7, 11) is 3.77. The summed E-state index contributed by atoms with van der Waals surface area (Å²) >= 11 is 0. The third kappa shape index (κ3) is 5.62. The van der Waals surface area contributed by atoms with Crippen LogP contribution in [0.5, 0.6) is 0 Å². The van der Waals surface area contributed by atoms with Crippen molar-refractivity contribution in [3.8, 4) is 0 Å². The Morgan fingerprint density at radius 1 is 1.00 bits per heavy atom. The number of carbonyl (C=O) groups excluding carboxylic acids is 1. The minimum atomic E-state index is -0.115. The molecule has 30 heavy (non-hydrogen) atoms. The Kier molecular flexibility index (Phi) is 8.88. The fourth-order valence-corrected chi connectivity index (χ4v) is 3.91. The topological polar surface area (TPSA) is 32.3 Å². The molecule has 1 atom stereocenters. The Morgan fingerprint density at radius 3 is 2.03 bits per heavy atom. The second kappa shape index (κ2) is 11.1. The van der Waals surface area contributed by atoms with Crippen LogP contribution in [0, 0.1) is 5.92 Å². The van der Waals surface area contributed by atoms with Crippen LogP contribution in [-0.4, -0.2) is 37.5 Å². The van der Waals surface area contributed by atoms with Crippen LogP contribution in [-0.2, 0) is 4.79 Å². The maximum atomic E-state index is 12.8. The van der Waals surface area contributed by atoms with E-state index >= 15 is 0 Å². The minimum Gasteiger partial charge on any atom is -0.344 e. The molecule has 0 saturated heterocycles. The van der Waals surface area contributed by atoms with Crippen LogP contribution >= 0.6 is 12.4 Å². The molecule has 0 bridgehead atoms. The van der Waals surface area contributed by atoms with Crippen molar-refractivity contribution in [1.82, 2.24) is 10.2 Å². The highest BCUT2D eigenvalue weighted by Crippen LogP contribution is 2.33. The van der Waals surface area contributed by atoms with E-state index in [9.17, 15) is 4.79 Å². The van der Waals surface area contributed by atoms with E-state index in [1.165, 1.54) is 27.8 Å². The molecule has 0 spiro atoms. The van der Waals surface area contributed by atoms with E-state index in [1.54, 1.807) is 0 Å². The van der Waals surface area contributed by atoms with Crippen LogP contribution in [0.25, 0.3) is 17.7 Å². The monoisotopic (exact) mass is 424 g/mol. The van der Waals surface area contributed by atoms with Gasteiger partial charge >= 0.3 is 0 Å². The van der Waals surface area contributed by atoms with E-state index in [4.69, 9.17) is 0 Å².